The fourth-order valence-electron chi connectivity index (χ4n) is 2.34. The number of benzene rings is 1. The van der Waals surface area contributed by atoms with Gasteiger partial charge < -0.3 is 4.90 Å². The van der Waals surface area contributed by atoms with Gasteiger partial charge in [-0.25, -0.2) is 0 Å². The van der Waals surface area contributed by atoms with E-state index in [1.54, 1.807) is 0 Å². The number of rotatable bonds is 5. The quantitative estimate of drug-likeness (QED) is 0.468. The molecule has 0 radical (unpaired) electrons. The molecule has 0 spiro atoms. The van der Waals surface area contributed by atoms with Crippen molar-refractivity contribution in [2.24, 2.45) is 5.92 Å². The Kier molecular flexibility index (Phi) is 4.12. The molecule has 0 saturated carbocycles. The molecule has 1 saturated heterocycles. The number of hydrogen-bond donors (Lipinski definition) is 0. The van der Waals surface area contributed by atoms with E-state index in [0.717, 1.165) is 6.42 Å². The van der Waals surface area contributed by atoms with Gasteiger partial charge in [0.25, 0.3) is 5.69 Å². The highest BCUT2D eigenvalue weighted by atomic mass is 16.6. The van der Waals surface area contributed by atoms with E-state index in [1.807, 2.05) is 6.92 Å². The van der Waals surface area contributed by atoms with Crippen LogP contribution in [0.15, 0.2) is 24.3 Å². The number of nitrogens with zero attached hydrogens (tertiary/aromatic N) is 2. The number of hydrogen-bond acceptors (Lipinski definition) is 4. The molecule has 1 amide bonds. The van der Waals surface area contributed by atoms with Gasteiger partial charge in [0.2, 0.25) is 5.91 Å². The Balaban J connectivity index is 2.07. The Labute approximate surface area is 116 Å². The summed E-state index contributed by atoms with van der Waals surface area (Å²) < 4.78 is 0. The Morgan fingerprint density at radius 3 is 2.85 bits per heavy atom. The van der Waals surface area contributed by atoms with Crippen LogP contribution in [0.25, 0.3) is 0 Å². The van der Waals surface area contributed by atoms with Gasteiger partial charge in [-0.3, -0.25) is 19.7 Å². The molecule has 6 heteroatoms. The molecule has 0 aliphatic carbocycles. The number of carbonyl (C=O) groups excluding carboxylic acids is 2. The van der Waals surface area contributed by atoms with E-state index in [-0.39, 0.29) is 29.5 Å². The largest absolute Gasteiger partial charge is 0.335 e. The first kappa shape index (κ1) is 14.2. The standard InChI is InChI=1S/C14H16N2O4/c1-2-10-6-14(18)15(8-10)9-13(17)11-4-3-5-12(7-11)16(19)20/h3-5,7,10H,2,6,8-9H2,1H3. The number of amides is 1. The van der Waals surface area contributed by atoms with E-state index in [4.69, 9.17) is 0 Å². The lowest BCUT2D eigenvalue weighted by Gasteiger charge is -2.15. The highest BCUT2D eigenvalue weighted by Crippen LogP contribution is 2.21. The molecule has 106 valence electrons. The summed E-state index contributed by atoms with van der Waals surface area (Å²) in [6.45, 7) is 2.61. The Hall–Kier alpha value is -2.24. The molecule has 1 fully saturated rings. The van der Waals surface area contributed by atoms with Crippen molar-refractivity contribution in [3.8, 4) is 0 Å². The average Bonchev–Trinajstić information content (AvgIpc) is 2.79. The van der Waals surface area contributed by atoms with Crippen molar-refractivity contribution in [3.63, 3.8) is 0 Å². The van der Waals surface area contributed by atoms with E-state index in [2.05, 4.69) is 0 Å². The van der Waals surface area contributed by atoms with Crippen LogP contribution in [0.2, 0.25) is 0 Å². The molecule has 0 bridgehead atoms. The highest BCUT2D eigenvalue weighted by Gasteiger charge is 2.29. The van der Waals surface area contributed by atoms with E-state index in [0.29, 0.717) is 18.9 Å². The molecule has 1 aliphatic heterocycles. The van der Waals surface area contributed by atoms with Gasteiger partial charge in [-0.2, -0.15) is 0 Å². The number of non-ortho nitro benzene ring substituents is 1. The molecule has 1 aliphatic rings. The van der Waals surface area contributed by atoms with E-state index in [1.165, 1.54) is 29.2 Å². The molecule has 1 atom stereocenters. The zero-order valence-corrected chi connectivity index (χ0v) is 11.2. The van der Waals surface area contributed by atoms with Gasteiger partial charge in [-0.15, -0.1) is 0 Å². The van der Waals surface area contributed by atoms with Crippen molar-refractivity contribution < 1.29 is 14.5 Å². The van der Waals surface area contributed by atoms with Crippen molar-refractivity contribution in [1.29, 1.82) is 0 Å². The van der Waals surface area contributed by atoms with Crippen LogP contribution in [0, 0.1) is 16.0 Å². The first-order valence-electron chi connectivity index (χ1n) is 6.56. The minimum atomic E-state index is -0.537. The average molecular weight is 276 g/mol. The van der Waals surface area contributed by atoms with Gasteiger partial charge in [0.15, 0.2) is 5.78 Å². The van der Waals surface area contributed by atoms with Gasteiger partial charge in [0, 0.05) is 30.7 Å². The van der Waals surface area contributed by atoms with Crippen LogP contribution in [-0.2, 0) is 4.79 Å². The first-order valence-corrected chi connectivity index (χ1v) is 6.56. The third-order valence-corrected chi connectivity index (χ3v) is 3.59. The fraction of sp³-hybridized carbons (Fsp3) is 0.429. The third kappa shape index (κ3) is 3.01. The van der Waals surface area contributed by atoms with Gasteiger partial charge in [0.05, 0.1) is 11.5 Å². The van der Waals surface area contributed by atoms with Crippen molar-refractivity contribution in [2.75, 3.05) is 13.1 Å². The summed E-state index contributed by atoms with van der Waals surface area (Å²) in [5, 5.41) is 10.7. The van der Waals surface area contributed by atoms with Crippen molar-refractivity contribution >= 4 is 17.4 Å². The summed E-state index contributed by atoms with van der Waals surface area (Å²) in [6, 6.07) is 5.60. The zero-order valence-electron chi connectivity index (χ0n) is 11.2. The lowest BCUT2D eigenvalue weighted by atomic mass is 10.1. The number of Topliss-reactive ketones (excluding diaryl/α,β-unsaturated/α-hetero) is 1. The summed E-state index contributed by atoms with van der Waals surface area (Å²) >= 11 is 0. The molecule has 0 aromatic heterocycles. The minimum absolute atomic E-state index is 0.00347. The van der Waals surface area contributed by atoms with E-state index in [9.17, 15) is 19.7 Å². The molecule has 20 heavy (non-hydrogen) atoms. The van der Waals surface area contributed by atoms with Crippen LogP contribution in [-0.4, -0.2) is 34.6 Å². The second-order valence-corrected chi connectivity index (χ2v) is 4.98. The van der Waals surface area contributed by atoms with Crippen LogP contribution < -0.4 is 0 Å². The van der Waals surface area contributed by atoms with Gasteiger partial charge >= 0.3 is 0 Å². The molecule has 1 aromatic carbocycles. The summed E-state index contributed by atoms with van der Waals surface area (Å²) in [7, 11) is 0. The SMILES string of the molecule is CCC1CC(=O)N(CC(=O)c2cccc([N+](=O)[O-])c2)C1. The molecule has 0 N–H and O–H groups in total. The molecular weight excluding hydrogens is 260 g/mol. The topological polar surface area (TPSA) is 80.5 Å². The zero-order chi connectivity index (χ0) is 14.7. The second kappa shape index (κ2) is 5.81. The Morgan fingerprint density at radius 1 is 1.50 bits per heavy atom. The third-order valence-electron chi connectivity index (χ3n) is 3.59. The predicted octanol–water partition coefficient (Wildman–Crippen LogP) is 2.04. The maximum Gasteiger partial charge on any atom is 0.270 e. The maximum absolute atomic E-state index is 12.1. The second-order valence-electron chi connectivity index (χ2n) is 4.98. The number of ketones is 1. The Bertz CT molecular complexity index is 556. The molecule has 1 aromatic rings. The normalized spacial score (nSPS) is 18.4. The molecule has 1 unspecified atom stereocenters. The predicted molar refractivity (Wildman–Crippen MR) is 72.4 cm³/mol. The number of nitro benzene ring substituents is 1. The van der Waals surface area contributed by atoms with Crippen molar-refractivity contribution in [3.05, 3.63) is 39.9 Å². The Morgan fingerprint density at radius 2 is 2.25 bits per heavy atom. The molecule has 6 nitrogen and oxygen atoms in total. The van der Waals surface area contributed by atoms with Crippen LogP contribution >= 0.6 is 0 Å². The maximum atomic E-state index is 12.1. The summed E-state index contributed by atoms with van der Waals surface area (Å²) in [4.78, 5) is 35.5. The summed E-state index contributed by atoms with van der Waals surface area (Å²) in [6.07, 6.45) is 1.39. The lowest BCUT2D eigenvalue weighted by Crippen LogP contribution is -2.31. The minimum Gasteiger partial charge on any atom is -0.335 e. The van der Waals surface area contributed by atoms with Crippen LogP contribution in [0.5, 0.6) is 0 Å². The van der Waals surface area contributed by atoms with Crippen LogP contribution in [0.3, 0.4) is 0 Å². The molecule has 1 heterocycles. The first-order chi connectivity index (χ1) is 9.51. The number of nitro groups is 1. The lowest BCUT2D eigenvalue weighted by molar-refractivity contribution is -0.384. The highest BCUT2D eigenvalue weighted by molar-refractivity contribution is 6.00. The van der Waals surface area contributed by atoms with Crippen molar-refractivity contribution in [1.82, 2.24) is 4.90 Å². The van der Waals surface area contributed by atoms with E-state index < -0.39 is 4.92 Å². The van der Waals surface area contributed by atoms with Crippen molar-refractivity contribution in [2.45, 2.75) is 19.8 Å². The van der Waals surface area contributed by atoms with Gasteiger partial charge in [-0.05, 0) is 5.92 Å². The van der Waals surface area contributed by atoms with E-state index >= 15 is 0 Å². The smallest absolute Gasteiger partial charge is 0.270 e. The molecule has 2 rings (SSSR count). The molecular formula is C14H16N2O4. The summed E-state index contributed by atoms with van der Waals surface area (Å²) in [5.41, 5.74) is 0.155. The monoisotopic (exact) mass is 276 g/mol. The van der Waals surface area contributed by atoms with Crippen LogP contribution in [0.4, 0.5) is 5.69 Å². The van der Waals surface area contributed by atoms with Gasteiger partial charge in [0.1, 0.15) is 0 Å². The number of carbonyl (C=O) groups is 2. The summed E-state index contributed by atoms with van der Waals surface area (Å²) in [5.74, 6) is 0.0230. The fourth-order valence-corrected chi connectivity index (χ4v) is 2.34. The number of likely N-dealkylation sites (tertiary alicyclic amines) is 1. The van der Waals surface area contributed by atoms with Gasteiger partial charge in [-0.1, -0.05) is 25.5 Å². The van der Waals surface area contributed by atoms with Crippen LogP contribution in [0.1, 0.15) is 30.1 Å².